The van der Waals surface area contributed by atoms with E-state index in [0.29, 0.717) is 29.3 Å². The van der Waals surface area contributed by atoms with Gasteiger partial charge in [-0.2, -0.15) is 13.2 Å². The molecule has 0 spiro atoms. The number of nitro groups is 1. The van der Waals surface area contributed by atoms with Crippen molar-refractivity contribution in [3.05, 3.63) is 52.1 Å². The number of alkyl halides is 3. The molecule has 0 bridgehead atoms. The largest absolute Gasteiger partial charge is 0.497 e. The molecule has 0 aliphatic carbocycles. The third-order valence-electron chi connectivity index (χ3n) is 3.95. The second-order valence-corrected chi connectivity index (χ2v) is 5.91. The summed E-state index contributed by atoms with van der Waals surface area (Å²) >= 11 is 0. The molecular weight excluding hydrogens is 395 g/mol. The molecule has 0 radical (unpaired) electrons. The van der Waals surface area contributed by atoms with E-state index in [1.807, 2.05) is 0 Å². The SMILES string of the molecule is COc1ccc(NC(=O)[C@H](C)Nc2ccc(C(F)(F)F)cc2[N+](=O)[O-])c(OC)c1. The lowest BCUT2D eigenvalue weighted by molar-refractivity contribution is -0.384. The summed E-state index contributed by atoms with van der Waals surface area (Å²) in [5, 5.41) is 16.3. The maximum absolute atomic E-state index is 12.8. The summed E-state index contributed by atoms with van der Waals surface area (Å²) in [5.74, 6) is 0.250. The van der Waals surface area contributed by atoms with E-state index in [1.165, 1.54) is 21.1 Å². The van der Waals surface area contributed by atoms with Crippen molar-refractivity contribution in [3.63, 3.8) is 0 Å². The van der Waals surface area contributed by atoms with E-state index in [2.05, 4.69) is 10.6 Å². The highest BCUT2D eigenvalue weighted by molar-refractivity contribution is 5.97. The average Bonchev–Trinajstić information content (AvgIpc) is 2.67. The normalized spacial score (nSPS) is 12.1. The van der Waals surface area contributed by atoms with Gasteiger partial charge in [0.2, 0.25) is 5.91 Å². The van der Waals surface area contributed by atoms with Crippen LogP contribution in [0.25, 0.3) is 0 Å². The Hall–Kier alpha value is -3.50. The molecule has 156 valence electrons. The van der Waals surface area contributed by atoms with Gasteiger partial charge in [0.15, 0.2) is 0 Å². The van der Waals surface area contributed by atoms with Crippen LogP contribution in [0.3, 0.4) is 0 Å². The highest BCUT2D eigenvalue weighted by Crippen LogP contribution is 2.35. The second-order valence-electron chi connectivity index (χ2n) is 5.91. The number of hydrogen-bond acceptors (Lipinski definition) is 6. The van der Waals surface area contributed by atoms with Gasteiger partial charge < -0.3 is 20.1 Å². The fourth-order valence-corrected chi connectivity index (χ4v) is 2.42. The Morgan fingerprint density at radius 2 is 1.76 bits per heavy atom. The van der Waals surface area contributed by atoms with Crippen LogP contribution in [-0.2, 0) is 11.0 Å². The number of halogens is 3. The van der Waals surface area contributed by atoms with E-state index in [4.69, 9.17) is 9.47 Å². The number of rotatable bonds is 7. The van der Waals surface area contributed by atoms with Crippen LogP contribution in [0.15, 0.2) is 36.4 Å². The van der Waals surface area contributed by atoms with Crippen molar-refractivity contribution in [3.8, 4) is 11.5 Å². The number of ether oxygens (including phenoxy) is 2. The Bertz CT molecular complexity index is 918. The molecule has 1 amide bonds. The minimum atomic E-state index is -4.72. The number of nitrogens with one attached hydrogen (secondary N) is 2. The summed E-state index contributed by atoms with van der Waals surface area (Å²) in [4.78, 5) is 22.6. The third-order valence-corrected chi connectivity index (χ3v) is 3.95. The summed E-state index contributed by atoms with van der Waals surface area (Å²) in [6, 6.07) is 5.72. The Morgan fingerprint density at radius 3 is 2.31 bits per heavy atom. The van der Waals surface area contributed by atoms with Gasteiger partial charge in [0.05, 0.1) is 30.4 Å². The first-order chi connectivity index (χ1) is 13.6. The zero-order valence-electron chi connectivity index (χ0n) is 15.7. The fraction of sp³-hybridized carbons (Fsp3) is 0.278. The molecule has 0 saturated carbocycles. The minimum Gasteiger partial charge on any atom is -0.497 e. The number of carbonyl (C=O) groups excluding carboxylic acids is 1. The average molecular weight is 413 g/mol. The van der Waals surface area contributed by atoms with Crippen molar-refractivity contribution in [2.75, 3.05) is 24.9 Å². The summed E-state index contributed by atoms with van der Waals surface area (Å²) < 4.78 is 48.6. The number of methoxy groups -OCH3 is 2. The van der Waals surface area contributed by atoms with E-state index in [-0.39, 0.29) is 5.69 Å². The third kappa shape index (κ3) is 5.27. The molecule has 0 heterocycles. The van der Waals surface area contributed by atoms with Gasteiger partial charge >= 0.3 is 6.18 Å². The molecule has 0 fully saturated rings. The van der Waals surface area contributed by atoms with Gasteiger partial charge in [-0.25, -0.2) is 0 Å². The number of hydrogen-bond donors (Lipinski definition) is 2. The summed E-state index contributed by atoms with van der Waals surface area (Å²) in [6.45, 7) is 1.41. The standard InChI is InChI=1S/C18H18F3N3O5/c1-10(17(25)23-14-7-5-12(28-2)9-16(14)29-3)22-13-6-4-11(18(19,20)21)8-15(13)24(26)27/h4-10,22H,1-3H3,(H,23,25)/t10-/m0/s1. The van der Waals surface area contributed by atoms with Gasteiger partial charge in [-0.15, -0.1) is 0 Å². The monoisotopic (exact) mass is 413 g/mol. The van der Waals surface area contributed by atoms with Crippen molar-refractivity contribution in [1.82, 2.24) is 0 Å². The lowest BCUT2D eigenvalue weighted by Gasteiger charge is -2.17. The molecule has 2 aromatic carbocycles. The van der Waals surface area contributed by atoms with Crippen molar-refractivity contribution < 1.29 is 32.4 Å². The first-order valence-electron chi connectivity index (χ1n) is 8.22. The molecule has 11 heteroatoms. The number of benzene rings is 2. The summed E-state index contributed by atoms with van der Waals surface area (Å²) in [5.41, 5.74) is -1.84. The van der Waals surface area contributed by atoms with Gasteiger partial charge in [-0.1, -0.05) is 0 Å². The van der Waals surface area contributed by atoms with E-state index >= 15 is 0 Å². The van der Waals surface area contributed by atoms with Crippen molar-refractivity contribution in [1.29, 1.82) is 0 Å². The molecule has 2 rings (SSSR count). The smallest absolute Gasteiger partial charge is 0.416 e. The molecule has 0 saturated heterocycles. The van der Waals surface area contributed by atoms with Crippen LogP contribution >= 0.6 is 0 Å². The molecule has 29 heavy (non-hydrogen) atoms. The van der Waals surface area contributed by atoms with Crippen molar-refractivity contribution in [2.45, 2.75) is 19.1 Å². The number of nitro benzene ring substituents is 1. The Labute approximate surface area is 163 Å². The highest BCUT2D eigenvalue weighted by Gasteiger charge is 2.33. The lowest BCUT2D eigenvalue weighted by atomic mass is 10.1. The number of carbonyl (C=O) groups is 1. The van der Waals surface area contributed by atoms with Crippen LogP contribution in [0, 0.1) is 10.1 Å². The minimum absolute atomic E-state index is 0.215. The molecule has 0 unspecified atom stereocenters. The lowest BCUT2D eigenvalue weighted by Crippen LogP contribution is -2.32. The number of anilines is 2. The van der Waals surface area contributed by atoms with Gasteiger partial charge in [-0.3, -0.25) is 14.9 Å². The Kier molecular flexibility index (Phi) is 6.52. The second kappa shape index (κ2) is 8.67. The Morgan fingerprint density at radius 1 is 1.10 bits per heavy atom. The fourth-order valence-electron chi connectivity index (χ4n) is 2.42. The zero-order valence-corrected chi connectivity index (χ0v) is 15.7. The van der Waals surface area contributed by atoms with Gasteiger partial charge in [-0.05, 0) is 31.2 Å². The van der Waals surface area contributed by atoms with Crippen LogP contribution in [-0.4, -0.2) is 31.1 Å². The Balaban J connectivity index is 2.20. The number of nitrogens with zero attached hydrogens (tertiary/aromatic N) is 1. The van der Waals surface area contributed by atoms with Crippen LogP contribution in [0.2, 0.25) is 0 Å². The first kappa shape index (κ1) is 21.8. The summed E-state index contributed by atoms with van der Waals surface area (Å²) in [7, 11) is 2.87. The molecule has 0 aliphatic rings. The van der Waals surface area contributed by atoms with Crippen LogP contribution in [0.1, 0.15) is 12.5 Å². The summed E-state index contributed by atoms with van der Waals surface area (Å²) in [6.07, 6.45) is -4.72. The van der Waals surface area contributed by atoms with E-state index in [1.54, 1.807) is 18.2 Å². The highest BCUT2D eigenvalue weighted by atomic mass is 19.4. The van der Waals surface area contributed by atoms with Crippen LogP contribution < -0.4 is 20.1 Å². The maximum atomic E-state index is 12.8. The van der Waals surface area contributed by atoms with Crippen molar-refractivity contribution in [2.24, 2.45) is 0 Å². The quantitative estimate of drug-likeness (QED) is 0.524. The van der Waals surface area contributed by atoms with E-state index in [0.717, 1.165) is 6.07 Å². The van der Waals surface area contributed by atoms with E-state index < -0.39 is 34.3 Å². The van der Waals surface area contributed by atoms with E-state index in [9.17, 15) is 28.1 Å². The zero-order chi connectivity index (χ0) is 21.8. The van der Waals surface area contributed by atoms with Gasteiger partial charge in [0.25, 0.3) is 5.69 Å². The topological polar surface area (TPSA) is 103 Å². The van der Waals surface area contributed by atoms with Crippen LogP contribution in [0.5, 0.6) is 11.5 Å². The molecule has 0 aromatic heterocycles. The van der Waals surface area contributed by atoms with Crippen LogP contribution in [0.4, 0.5) is 30.2 Å². The van der Waals surface area contributed by atoms with Gasteiger partial charge in [0, 0.05) is 12.1 Å². The molecular formula is C18H18F3N3O5. The molecule has 2 N–H and O–H groups in total. The first-order valence-corrected chi connectivity index (χ1v) is 8.22. The molecule has 8 nitrogen and oxygen atoms in total. The predicted molar refractivity (Wildman–Crippen MR) is 99.4 cm³/mol. The van der Waals surface area contributed by atoms with Gasteiger partial charge in [0.1, 0.15) is 23.2 Å². The number of amides is 1. The molecule has 1 atom stereocenters. The maximum Gasteiger partial charge on any atom is 0.416 e. The predicted octanol–water partition coefficient (Wildman–Crippen LogP) is 4.07. The molecule has 0 aliphatic heterocycles. The van der Waals surface area contributed by atoms with Crippen molar-refractivity contribution >= 4 is 23.0 Å². The molecule has 2 aromatic rings.